The van der Waals surface area contributed by atoms with E-state index in [9.17, 15) is 9.59 Å². The largest absolute Gasteiger partial charge is 0.445 e. The minimum Gasteiger partial charge on any atom is -0.445 e. The molecule has 4 N–H and O–H groups in total. The molecule has 25 heavy (non-hydrogen) atoms. The third-order valence-electron chi connectivity index (χ3n) is 4.63. The highest BCUT2D eigenvalue weighted by Gasteiger charge is 2.30. The Morgan fingerprint density at radius 2 is 1.72 bits per heavy atom. The van der Waals surface area contributed by atoms with Gasteiger partial charge in [0.15, 0.2) is 0 Å². The Bertz CT molecular complexity index is 562. The Morgan fingerprint density at radius 3 is 2.32 bits per heavy atom. The molecule has 1 fully saturated rings. The molecule has 3 atom stereocenters. The molecule has 0 saturated heterocycles. The van der Waals surface area contributed by atoms with Crippen molar-refractivity contribution in [2.24, 2.45) is 11.7 Å². The molecule has 1 aromatic rings. The van der Waals surface area contributed by atoms with Gasteiger partial charge in [0.05, 0.1) is 12.1 Å². The molecule has 0 unspecified atom stereocenters. The van der Waals surface area contributed by atoms with Gasteiger partial charge in [-0.05, 0) is 24.3 Å². The van der Waals surface area contributed by atoms with E-state index in [-0.39, 0.29) is 30.5 Å². The average molecular weight is 347 g/mol. The first-order valence-electron chi connectivity index (χ1n) is 9.00. The Kier molecular flexibility index (Phi) is 7.25. The van der Waals surface area contributed by atoms with Gasteiger partial charge < -0.3 is 21.1 Å². The van der Waals surface area contributed by atoms with E-state index in [1.165, 1.54) is 0 Å². The Labute approximate surface area is 149 Å². The summed E-state index contributed by atoms with van der Waals surface area (Å²) in [6, 6.07) is 8.78. The lowest BCUT2D eigenvalue weighted by atomic mass is 9.90. The average Bonchev–Trinajstić information content (AvgIpc) is 2.61. The summed E-state index contributed by atoms with van der Waals surface area (Å²) >= 11 is 0. The van der Waals surface area contributed by atoms with Crippen molar-refractivity contribution in [2.45, 2.75) is 64.3 Å². The minimum atomic E-state index is -0.535. The molecule has 1 aromatic carbocycles. The predicted molar refractivity (Wildman–Crippen MR) is 96.8 cm³/mol. The van der Waals surface area contributed by atoms with Crippen LogP contribution in [0.1, 0.15) is 45.1 Å². The number of nitrogens with two attached hydrogens (primary N) is 1. The summed E-state index contributed by atoms with van der Waals surface area (Å²) in [5, 5.41) is 5.89. The van der Waals surface area contributed by atoms with E-state index >= 15 is 0 Å². The van der Waals surface area contributed by atoms with Crippen LogP contribution < -0.4 is 16.4 Å². The van der Waals surface area contributed by atoms with Gasteiger partial charge in [0.2, 0.25) is 5.91 Å². The van der Waals surface area contributed by atoms with Gasteiger partial charge in [-0.15, -0.1) is 0 Å². The van der Waals surface area contributed by atoms with Gasteiger partial charge >= 0.3 is 6.09 Å². The summed E-state index contributed by atoms with van der Waals surface area (Å²) in [5.74, 6) is -0.0859. The molecule has 0 radical (unpaired) electrons. The molecule has 0 aromatic heterocycles. The van der Waals surface area contributed by atoms with Gasteiger partial charge in [-0.3, -0.25) is 4.79 Å². The molecule has 1 aliphatic carbocycles. The number of nitrogens with one attached hydrogen (secondary N) is 2. The van der Waals surface area contributed by atoms with Crippen LogP contribution in [0.5, 0.6) is 0 Å². The van der Waals surface area contributed by atoms with Crippen molar-refractivity contribution in [1.82, 2.24) is 10.6 Å². The van der Waals surface area contributed by atoms with E-state index in [0.29, 0.717) is 0 Å². The highest BCUT2D eigenvalue weighted by Crippen LogP contribution is 2.19. The van der Waals surface area contributed by atoms with E-state index in [1.807, 2.05) is 44.2 Å². The molecule has 0 bridgehead atoms. The molecule has 0 aliphatic heterocycles. The second-order valence-electron chi connectivity index (χ2n) is 6.98. The molecule has 138 valence electrons. The van der Waals surface area contributed by atoms with Gasteiger partial charge in [-0.1, -0.05) is 57.0 Å². The van der Waals surface area contributed by atoms with Gasteiger partial charge in [-0.25, -0.2) is 4.79 Å². The smallest absolute Gasteiger partial charge is 0.407 e. The van der Waals surface area contributed by atoms with Crippen LogP contribution in [0, 0.1) is 5.92 Å². The highest BCUT2D eigenvalue weighted by atomic mass is 16.5. The summed E-state index contributed by atoms with van der Waals surface area (Å²) < 4.78 is 5.28. The number of alkyl carbamates (subject to hydrolysis) is 1. The maximum Gasteiger partial charge on any atom is 0.407 e. The second-order valence-corrected chi connectivity index (χ2v) is 6.98. The first-order valence-corrected chi connectivity index (χ1v) is 9.00. The van der Waals surface area contributed by atoms with Crippen molar-refractivity contribution in [3.63, 3.8) is 0 Å². The van der Waals surface area contributed by atoms with E-state index in [1.54, 1.807) is 0 Å². The van der Waals surface area contributed by atoms with Gasteiger partial charge in [0, 0.05) is 6.04 Å². The third kappa shape index (κ3) is 6.05. The number of carbonyl (C=O) groups excluding carboxylic acids is 2. The van der Waals surface area contributed by atoms with Crippen LogP contribution in [0.3, 0.4) is 0 Å². The number of hydrogen-bond donors (Lipinski definition) is 3. The summed E-state index contributed by atoms with van der Waals surface area (Å²) in [5.41, 5.74) is 6.85. The zero-order chi connectivity index (χ0) is 18.2. The van der Waals surface area contributed by atoms with Crippen molar-refractivity contribution in [3.05, 3.63) is 35.9 Å². The zero-order valence-corrected chi connectivity index (χ0v) is 15.0. The van der Waals surface area contributed by atoms with Crippen molar-refractivity contribution in [2.75, 3.05) is 0 Å². The van der Waals surface area contributed by atoms with E-state index in [2.05, 4.69) is 10.6 Å². The van der Waals surface area contributed by atoms with Crippen LogP contribution in [-0.4, -0.2) is 30.1 Å². The predicted octanol–water partition coefficient (Wildman–Crippen LogP) is 2.32. The van der Waals surface area contributed by atoms with Gasteiger partial charge in [-0.2, -0.15) is 0 Å². The van der Waals surface area contributed by atoms with Crippen LogP contribution in [0.2, 0.25) is 0 Å². The summed E-state index contributed by atoms with van der Waals surface area (Å²) in [6.07, 6.45) is 3.25. The fourth-order valence-electron chi connectivity index (χ4n) is 2.97. The number of hydrogen-bond acceptors (Lipinski definition) is 4. The van der Waals surface area contributed by atoms with Crippen LogP contribution in [0.15, 0.2) is 30.3 Å². The first-order chi connectivity index (χ1) is 12.0. The Morgan fingerprint density at radius 1 is 1.12 bits per heavy atom. The van der Waals surface area contributed by atoms with E-state index in [4.69, 9.17) is 10.5 Å². The molecule has 2 rings (SSSR count). The summed E-state index contributed by atoms with van der Waals surface area (Å²) in [6.45, 7) is 4.07. The monoisotopic (exact) mass is 347 g/mol. The van der Waals surface area contributed by atoms with Crippen LogP contribution >= 0.6 is 0 Å². The summed E-state index contributed by atoms with van der Waals surface area (Å²) in [4.78, 5) is 24.3. The first kappa shape index (κ1) is 19.2. The minimum absolute atomic E-state index is 0.0748. The lowest BCUT2D eigenvalue weighted by Gasteiger charge is -2.33. The number of carbonyl (C=O) groups is 2. The van der Waals surface area contributed by atoms with Crippen molar-refractivity contribution >= 4 is 12.0 Å². The number of amides is 2. The fourth-order valence-corrected chi connectivity index (χ4v) is 2.97. The van der Waals surface area contributed by atoms with Crippen LogP contribution in [0.4, 0.5) is 4.79 Å². The maximum absolute atomic E-state index is 12.2. The quantitative estimate of drug-likeness (QED) is 0.736. The molecule has 1 saturated carbocycles. The lowest BCUT2D eigenvalue weighted by molar-refractivity contribution is -0.124. The molecule has 6 nitrogen and oxygen atoms in total. The number of ether oxygens (including phenoxy) is 1. The van der Waals surface area contributed by atoms with Gasteiger partial charge in [0.1, 0.15) is 6.61 Å². The van der Waals surface area contributed by atoms with Crippen LogP contribution in [-0.2, 0) is 16.1 Å². The molecule has 0 spiro atoms. The Balaban J connectivity index is 1.85. The summed E-state index contributed by atoms with van der Waals surface area (Å²) in [7, 11) is 0. The lowest BCUT2D eigenvalue weighted by Crippen LogP contribution is -2.56. The molecule has 1 aliphatic rings. The molecule has 2 amide bonds. The molecular formula is C19H29N3O3. The number of rotatable bonds is 6. The van der Waals surface area contributed by atoms with Crippen molar-refractivity contribution in [1.29, 1.82) is 0 Å². The SMILES string of the molecule is CC(C)[C@H](N)C(=O)N[C@H]1CCCC[C@H]1NC(=O)OCc1ccccc1. The maximum atomic E-state index is 12.2. The molecular weight excluding hydrogens is 318 g/mol. The second kappa shape index (κ2) is 9.42. The van der Waals surface area contributed by atoms with E-state index in [0.717, 1.165) is 31.2 Å². The van der Waals surface area contributed by atoms with Crippen molar-refractivity contribution < 1.29 is 14.3 Å². The standard InChI is InChI=1S/C19H29N3O3/c1-13(2)17(20)18(23)21-15-10-6-7-11-16(15)22-19(24)25-12-14-8-4-3-5-9-14/h3-5,8-9,13,15-17H,6-7,10-12,20H2,1-2H3,(H,21,23)(H,22,24)/t15-,16+,17-/m0/s1. The molecule has 0 heterocycles. The molecule has 6 heteroatoms. The number of benzene rings is 1. The van der Waals surface area contributed by atoms with Crippen molar-refractivity contribution in [3.8, 4) is 0 Å². The fraction of sp³-hybridized carbons (Fsp3) is 0.579. The third-order valence-corrected chi connectivity index (χ3v) is 4.63. The van der Waals surface area contributed by atoms with Gasteiger partial charge in [0.25, 0.3) is 0 Å². The topological polar surface area (TPSA) is 93.5 Å². The Hall–Kier alpha value is -2.08. The zero-order valence-electron chi connectivity index (χ0n) is 15.0. The highest BCUT2D eigenvalue weighted by molar-refractivity contribution is 5.82. The normalized spacial score (nSPS) is 21.4. The van der Waals surface area contributed by atoms with E-state index < -0.39 is 12.1 Å². The van der Waals surface area contributed by atoms with Crippen LogP contribution in [0.25, 0.3) is 0 Å².